The molecule has 4 N–H and O–H groups in total. The number of hydrogen-bond donors (Lipinski definition) is 2. The Kier molecular flexibility index (Phi) is 3.84. The van der Waals surface area contributed by atoms with Gasteiger partial charge in [-0.2, -0.15) is 0 Å². The Bertz CT molecular complexity index is 628. The molecule has 2 amide bonds. The third-order valence-corrected chi connectivity index (χ3v) is 3.21. The van der Waals surface area contributed by atoms with Crippen molar-refractivity contribution in [1.29, 1.82) is 0 Å². The van der Waals surface area contributed by atoms with Crippen molar-refractivity contribution in [2.24, 2.45) is 11.5 Å². The van der Waals surface area contributed by atoms with Crippen molar-refractivity contribution in [3.8, 4) is 0 Å². The fourth-order valence-electron chi connectivity index (χ4n) is 2.15. The van der Waals surface area contributed by atoms with Crippen LogP contribution in [0.1, 0.15) is 37.4 Å². The van der Waals surface area contributed by atoms with Gasteiger partial charge in [0.05, 0.1) is 0 Å². The minimum atomic E-state index is -0.560. The molecule has 2 aromatic carbocycles. The monoisotopic (exact) mass is 268 g/mol. The second-order valence-electron chi connectivity index (χ2n) is 4.72. The second-order valence-corrected chi connectivity index (χ2v) is 4.72. The first-order chi connectivity index (χ1) is 9.49. The van der Waals surface area contributed by atoms with E-state index in [1.54, 1.807) is 18.2 Å². The number of benzene rings is 2. The Labute approximate surface area is 117 Å². The highest BCUT2D eigenvalue weighted by Crippen LogP contribution is 2.19. The zero-order chi connectivity index (χ0) is 14.7. The van der Waals surface area contributed by atoms with Crippen molar-refractivity contribution >= 4 is 11.8 Å². The summed E-state index contributed by atoms with van der Waals surface area (Å²) in [5.74, 6) is -1.12. The van der Waals surface area contributed by atoms with Gasteiger partial charge in [-0.1, -0.05) is 35.9 Å². The number of nitrogens with two attached hydrogens (primary N) is 2. The molecule has 0 aromatic heterocycles. The normalized spacial score (nSPS) is 10.2. The molecule has 2 rings (SSSR count). The Morgan fingerprint density at radius 2 is 1.40 bits per heavy atom. The third-order valence-electron chi connectivity index (χ3n) is 3.21. The molecular formula is C16H16N2O2. The van der Waals surface area contributed by atoms with Gasteiger partial charge in [0.15, 0.2) is 0 Å². The van der Waals surface area contributed by atoms with Gasteiger partial charge in [0.1, 0.15) is 0 Å². The molecule has 0 saturated heterocycles. The lowest BCUT2D eigenvalue weighted by molar-refractivity contribution is 0.0999. The summed E-state index contributed by atoms with van der Waals surface area (Å²) >= 11 is 0. The smallest absolute Gasteiger partial charge is 0.249 e. The van der Waals surface area contributed by atoms with Crippen LogP contribution in [0.4, 0.5) is 0 Å². The zero-order valence-electron chi connectivity index (χ0n) is 11.2. The summed E-state index contributed by atoms with van der Waals surface area (Å²) in [6, 6.07) is 12.7. The molecule has 0 bridgehead atoms. The van der Waals surface area contributed by atoms with Crippen molar-refractivity contribution in [3.63, 3.8) is 0 Å². The van der Waals surface area contributed by atoms with E-state index in [1.807, 2.05) is 31.2 Å². The lowest BCUT2D eigenvalue weighted by Crippen LogP contribution is -2.20. The quantitative estimate of drug-likeness (QED) is 0.885. The molecule has 0 aliphatic carbocycles. The van der Waals surface area contributed by atoms with Crippen LogP contribution in [-0.2, 0) is 6.42 Å². The first-order valence-corrected chi connectivity index (χ1v) is 6.26. The maximum Gasteiger partial charge on any atom is 0.249 e. The molecule has 0 spiro atoms. The van der Waals surface area contributed by atoms with Gasteiger partial charge in [-0.05, 0) is 36.6 Å². The highest BCUT2D eigenvalue weighted by atomic mass is 16.1. The SMILES string of the molecule is Cc1ccc(Cc2c(C(N)=O)cccc2C(N)=O)cc1. The van der Waals surface area contributed by atoms with Crippen LogP contribution in [0.25, 0.3) is 0 Å². The molecule has 0 aliphatic rings. The lowest BCUT2D eigenvalue weighted by Gasteiger charge is -2.11. The summed E-state index contributed by atoms with van der Waals surface area (Å²) < 4.78 is 0. The van der Waals surface area contributed by atoms with Gasteiger partial charge >= 0.3 is 0 Å². The summed E-state index contributed by atoms with van der Waals surface area (Å²) in [6.07, 6.45) is 0.442. The number of carbonyl (C=O) groups is 2. The molecule has 0 unspecified atom stereocenters. The van der Waals surface area contributed by atoms with Crippen molar-refractivity contribution in [1.82, 2.24) is 0 Å². The first kappa shape index (κ1) is 13.8. The van der Waals surface area contributed by atoms with E-state index < -0.39 is 11.8 Å². The van der Waals surface area contributed by atoms with Crippen LogP contribution in [0.15, 0.2) is 42.5 Å². The summed E-state index contributed by atoms with van der Waals surface area (Å²) in [4.78, 5) is 23.0. The van der Waals surface area contributed by atoms with Crippen molar-refractivity contribution in [2.45, 2.75) is 13.3 Å². The van der Waals surface area contributed by atoms with Crippen molar-refractivity contribution < 1.29 is 9.59 Å². The summed E-state index contributed by atoms with van der Waals surface area (Å²) in [7, 11) is 0. The Morgan fingerprint density at radius 1 is 0.900 bits per heavy atom. The van der Waals surface area contributed by atoms with Crippen LogP contribution in [0.3, 0.4) is 0 Å². The van der Waals surface area contributed by atoms with Gasteiger partial charge in [-0.15, -0.1) is 0 Å². The van der Waals surface area contributed by atoms with Gasteiger partial charge in [0.25, 0.3) is 0 Å². The van der Waals surface area contributed by atoms with E-state index in [0.717, 1.165) is 11.1 Å². The molecule has 20 heavy (non-hydrogen) atoms. The summed E-state index contributed by atoms with van der Waals surface area (Å²) in [5.41, 5.74) is 14.1. The fraction of sp³-hybridized carbons (Fsp3) is 0.125. The number of carbonyl (C=O) groups excluding carboxylic acids is 2. The van der Waals surface area contributed by atoms with E-state index in [4.69, 9.17) is 11.5 Å². The minimum Gasteiger partial charge on any atom is -0.366 e. The Hall–Kier alpha value is -2.62. The molecule has 0 saturated carbocycles. The van der Waals surface area contributed by atoms with E-state index >= 15 is 0 Å². The van der Waals surface area contributed by atoms with E-state index in [-0.39, 0.29) is 0 Å². The second kappa shape index (κ2) is 5.57. The Morgan fingerprint density at radius 3 is 1.85 bits per heavy atom. The molecular weight excluding hydrogens is 252 g/mol. The van der Waals surface area contributed by atoms with Gasteiger partial charge in [0, 0.05) is 11.1 Å². The van der Waals surface area contributed by atoms with Crippen molar-refractivity contribution in [2.75, 3.05) is 0 Å². The zero-order valence-corrected chi connectivity index (χ0v) is 11.2. The molecule has 0 aliphatic heterocycles. The van der Waals surface area contributed by atoms with Gasteiger partial charge in [-0.3, -0.25) is 9.59 Å². The van der Waals surface area contributed by atoms with Gasteiger partial charge in [0.2, 0.25) is 11.8 Å². The van der Waals surface area contributed by atoms with Crippen LogP contribution < -0.4 is 11.5 Å². The third kappa shape index (κ3) is 2.85. The van der Waals surface area contributed by atoms with E-state index in [2.05, 4.69) is 0 Å². The lowest BCUT2D eigenvalue weighted by atomic mass is 9.93. The van der Waals surface area contributed by atoms with E-state index in [1.165, 1.54) is 0 Å². The average Bonchev–Trinajstić information content (AvgIpc) is 2.41. The molecule has 0 radical (unpaired) electrons. The maximum atomic E-state index is 11.5. The molecule has 0 fully saturated rings. The largest absolute Gasteiger partial charge is 0.366 e. The van der Waals surface area contributed by atoms with E-state index in [9.17, 15) is 9.59 Å². The summed E-state index contributed by atoms with van der Waals surface area (Å²) in [5, 5.41) is 0. The van der Waals surface area contributed by atoms with Crippen LogP contribution >= 0.6 is 0 Å². The standard InChI is InChI=1S/C16H16N2O2/c1-10-5-7-11(8-6-10)9-14-12(15(17)19)3-2-4-13(14)16(18)20/h2-8H,9H2,1H3,(H2,17,19)(H2,18,20). The molecule has 102 valence electrons. The minimum absolute atomic E-state index is 0.335. The maximum absolute atomic E-state index is 11.5. The molecule has 0 heterocycles. The average molecular weight is 268 g/mol. The highest BCUT2D eigenvalue weighted by Gasteiger charge is 2.16. The topological polar surface area (TPSA) is 86.2 Å². The molecule has 0 atom stereocenters. The number of aryl methyl sites for hydroxylation is 1. The van der Waals surface area contributed by atoms with Crippen LogP contribution in [0, 0.1) is 6.92 Å². The Balaban J connectivity index is 2.50. The molecule has 2 aromatic rings. The number of rotatable bonds is 4. The number of amides is 2. The predicted molar refractivity (Wildman–Crippen MR) is 77.5 cm³/mol. The van der Waals surface area contributed by atoms with Crippen molar-refractivity contribution in [3.05, 3.63) is 70.3 Å². The fourth-order valence-corrected chi connectivity index (χ4v) is 2.15. The predicted octanol–water partition coefficient (Wildman–Crippen LogP) is 1.78. The number of hydrogen-bond acceptors (Lipinski definition) is 2. The molecule has 4 heteroatoms. The highest BCUT2D eigenvalue weighted by molar-refractivity contribution is 6.01. The summed E-state index contributed by atoms with van der Waals surface area (Å²) in [6.45, 7) is 2.00. The van der Waals surface area contributed by atoms with Crippen LogP contribution in [0.5, 0.6) is 0 Å². The van der Waals surface area contributed by atoms with Gasteiger partial charge < -0.3 is 11.5 Å². The van der Waals surface area contributed by atoms with Gasteiger partial charge in [-0.25, -0.2) is 0 Å². The number of primary amides is 2. The van der Waals surface area contributed by atoms with E-state index in [0.29, 0.717) is 23.1 Å². The van der Waals surface area contributed by atoms with Crippen LogP contribution in [0.2, 0.25) is 0 Å². The first-order valence-electron chi connectivity index (χ1n) is 6.26. The molecule has 4 nitrogen and oxygen atoms in total. The van der Waals surface area contributed by atoms with Crippen LogP contribution in [-0.4, -0.2) is 11.8 Å².